The van der Waals surface area contributed by atoms with E-state index in [4.69, 9.17) is 0 Å². The van der Waals surface area contributed by atoms with Crippen LogP contribution in [0.25, 0.3) is 10.8 Å². The lowest BCUT2D eigenvalue weighted by Gasteiger charge is -2.17. The van der Waals surface area contributed by atoms with Gasteiger partial charge < -0.3 is 5.32 Å². The Balaban J connectivity index is 1.71. The molecular formula is C18H23N. The Morgan fingerprint density at radius 2 is 1.58 bits per heavy atom. The Morgan fingerprint density at radius 1 is 0.842 bits per heavy atom. The molecule has 1 fully saturated rings. The summed E-state index contributed by atoms with van der Waals surface area (Å²) >= 11 is 0. The number of hydrogen-bond acceptors (Lipinski definition) is 1. The molecule has 19 heavy (non-hydrogen) atoms. The van der Waals surface area contributed by atoms with Crippen LogP contribution in [0.1, 0.15) is 38.5 Å². The highest BCUT2D eigenvalue weighted by atomic mass is 14.9. The fourth-order valence-electron chi connectivity index (χ4n) is 3.20. The van der Waals surface area contributed by atoms with Gasteiger partial charge in [0.15, 0.2) is 0 Å². The van der Waals surface area contributed by atoms with Crippen LogP contribution in [-0.4, -0.2) is 6.54 Å². The molecule has 0 amide bonds. The predicted molar refractivity (Wildman–Crippen MR) is 83.6 cm³/mol. The molecule has 100 valence electrons. The van der Waals surface area contributed by atoms with Crippen molar-refractivity contribution in [2.45, 2.75) is 38.5 Å². The molecule has 1 aliphatic rings. The van der Waals surface area contributed by atoms with Gasteiger partial charge in [-0.05, 0) is 30.2 Å². The summed E-state index contributed by atoms with van der Waals surface area (Å²) in [5.41, 5.74) is 1.29. The molecule has 1 aliphatic carbocycles. The molecule has 0 spiro atoms. The molecule has 1 N–H and O–H groups in total. The minimum Gasteiger partial charge on any atom is -0.384 e. The van der Waals surface area contributed by atoms with Crippen LogP contribution in [0.5, 0.6) is 0 Å². The quantitative estimate of drug-likeness (QED) is 0.739. The zero-order valence-corrected chi connectivity index (χ0v) is 11.6. The van der Waals surface area contributed by atoms with Crippen molar-refractivity contribution in [1.82, 2.24) is 0 Å². The van der Waals surface area contributed by atoms with Crippen LogP contribution in [0.4, 0.5) is 5.69 Å². The molecule has 1 nitrogen and oxygen atoms in total. The number of anilines is 1. The fourth-order valence-corrected chi connectivity index (χ4v) is 3.20. The van der Waals surface area contributed by atoms with Gasteiger partial charge in [0, 0.05) is 17.6 Å². The summed E-state index contributed by atoms with van der Waals surface area (Å²) in [6.07, 6.45) is 8.51. The zero-order valence-electron chi connectivity index (χ0n) is 11.6. The van der Waals surface area contributed by atoms with Crippen LogP contribution >= 0.6 is 0 Å². The van der Waals surface area contributed by atoms with Gasteiger partial charge in [0.1, 0.15) is 0 Å². The van der Waals surface area contributed by atoms with Crippen LogP contribution in [-0.2, 0) is 0 Å². The van der Waals surface area contributed by atoms with Crippen LogP contribution in [0, 0.1) is 5.92 Å². The van der Waals surface area contributed by atoms with Gasteiger partial charge in [-0.15, -0.1) is 0 Å². The number of benzene rings is 2. The Labute approximate surface area is 116 Å². The maximum Gasteiger partial charge on any atom is 0.0419 e. The lowest BCUT2D eigenvalue weighted by Crippen LogP contribution is -2.13. The molecular weight excluding hydrogens is 230 g/mol. The normalized spacial score (nSPS) is 17.3. The molecule has 1 heteroatoms. The van der Waals surface area contributed by atoms with Crippen LogP contribution in [0.3, 0.4) is 0 Å². The first-order chi connectivity index (χ1) is 9.43. The first kappa shape index (κ1) is 12.5. The Morgan fingerprint density at radius 3 is 2.42 bits per heavy atom. The summed E-state index contributed by atoms with van der Waals surface area (Å²) in [4.78, 5) is 0. The van der Waals surface area contributed by atoms with E-state index in [1.165, 1.54) is 55.0 Å². The molecule has 0 saturated heterocycles. The molecule has 0 atom stereocenters. The Kier molecular flexibility index (Phi) is 4.02. The maximum atomic E-state index is 3.69. The first-order valence-electron chi connectivity index (χ1n) is 7.65. The highest BCUT2D eigenvalue weighted by Crippen LogP contribution is 2.26. The summed E-state index contributed by atoms with van der Waals surface area (Å²) in [5, 5.41) is 6.36. The van der Waals surface area contributed by atoms with Crippen molar-refractivity contribution in [1.29, 1.82) is 0 Å². The standard InChI is InChI=1S/C18H23N/c1-2-4-9-15(8-3-1)14-19-18-13-7-11-16-10-5-6-12-17(16)18/h5-7,10-13,15,19H,1-4,8-9,14H2. The van der Waals surface area contributed by atoms with Gasteiger partial charge >= 0.3 is 0 Å². The molecule has 0 radical (unpaired) electrons. The summed E-state index contributed by atoms with van der Waals surface area (Å²) in [6.45, 7) is 1.13. The highest BCUT2D eigenvalue weighted by Gasteiger charge is 2.12. The largest absolute Gasteiger partial charge is 0.384 e. The van der Waals surface area contributed by atoms with E-state index >= 15 is 0 Å². The topological polar surface area (TPSA) is 12.0 Å². The fraction of sp³-hybridized carbons (Fsp3) is 0.444. The zero-order chi connectivity index (χ0) is 12.9. The van der Waals surface area contributed by atoms with Crippen LogP contribution in [0.15, 0.2) is 42.5 Å². The van der Waals surface area contributed by atoms with Crippen molar-refractivity contribution in [3.8, 4) is 0 Å². The first-order valence-corrected chi connectivity index (χ1v) is 7.65. The summed E-state index contributed by atoms with van der Waals surface area (Å²) in [6, 6.07) is 15.2. The molecule has 0 bridgehead atoms. The summed E-state index contributed by atoms with van der Waals surface area (Å²) in [7, 11) is 0. The number of hydrogen-bond donors (Lipinski definition) is 1. The van der Waals surface area contributed by atoms with Crippen molar-refractivity contribution in [2.24, 2.45) is 5.92 Å². The molecule has 2 aromatic carbocycles. The van der Waals surface area contributed by atoms with E-state index in [9.17, 15) is 0 Å². The van der Waals surface area contributed by atoms with Gasteiger partial charge in [0.25, 0.3) is 0 Å². The second-order valence-corrected chi connectivity index (χ2v) is 5.77. The highest BCUT2D eigenvalue weighted by molar-refractivity contribution is 5.93. The van der Waals surface area contributed by atoms with Crippen molar-refractivity contribution in [3.63, 3.8) is 0 Å². The van der Waals surface area contributed by atoms with E-state index in [0.717, 1.165) is 12.5 Å². The number of rotatable bonds is 3. The van der Waals surface area contributed by atoms with Crippen molar-refractivity contribution in [3.05, 3.63) is 42.5 Å². The van der Waals surface area contributed by atoms with E-state index in [-0.39, 0.29) is 0 Å². The van der Waals surface area contributed by atoms with E-state index < -0.39 is 0 Å². The molecule has 2 aromatic rings. The van der Waals surface area contributed by atoms with Gasteiger partial charge in [0.2, 0.25) is 0 Å². The van der Waals surface area contributed by atoms with Gasteiger partial charge in [-0.25, -0.2) is 0 Å². The molecule has 0 heterocycles. The van der Waals surface area contributed by atoms with E-state index in [0.29, 0.717) is 0 Å². The molecule has 1 saturated carbocycles. The van der Waals surface area contributed by atoms with Gasteiger partial charge in [-0.1, -0.05) is 62.1 Å². The number of nitrogens with one attached hydrogen (secondary N) is 1. The van der Waals surface area contributed by atoms with Crippen LogP contribution < -0.4 is 5.32 Å². The van der Waals surface area contributed by atoms with Gasteiger partial charge in [0.05, 0.1) is 0 Å². The average Bonchev–Trinajstić information content (AvgIpc) is 2.74. The van der Waals surface area contributed by atoms with Gasteiger partial charge in [-0.2, -0.15) is 0 Å². The maximum absolute atomic E-state index is 3.69. The third-order valence-electron chi connectivity index (χ3n) is 4.35. The average molecular weight is 253 g/mol. The summed E-state index contributed by atoms with van der Waals surface area (Å²) in [5.74, 6) is 0.862. The molecule has 0 aromatic heterocycles. The Hall–Kier alpha value is -1.50. The third-order valence-corrected chi connectivity index (χ3v) is 4.35. The van der Waals surface area contributed by atoms with E-state index in [1.54, 1.807) is 0 Å². The Bertz CT molecular complexity index is 519. The summed E-state index contributed by atoms with van der Waals surface area (Å²) < 4.78 is 0. The monoisotopic (exact) mass is 253 g/mol. The SMILES string of the molecule is c1ccc2c(NCC3CCCCCC3)cccc2c1. The van der Waals surface area contributed by atoms with E-state index in [2.05, 4.69) is 47.8 Å². The van der Waals surface area contributed by atoms with Crippen molar-refractivity contribution < 1.29 is 0 Å². The lowest BCUT2D eigenvalue weighted by atomic mass is 10.00. The number of fused-ring (bicyclic) bond motifs is 1. The van der Waals surface area contributed by atoms with Crippen LogP contribution in [0.2, 0.25) is 0 Å². The second kappa shape index (κ2) is 6.10. The molecule has 0 aliphatic heterocycles. The molecule has 0 unspecified atom stereocenters. The smallest absolute Gasteiger partial charge is 0.0419 e. The van der Waals surface area contributed by atoms with Crippen molar-refractivity contribution in [2.75, 3.05) is 11.9 Å². The van der Waals surface area contributed by atoms with Gasteiger partial charge in [-0.3, -0.25) is 0 Å². The predicted octanol–water partition coefficient (Wildman–Crippen LogP) is 5.22. The lowest BCUT2D eigenvalue weighted by molar-refractivity contribution is 0.483. The third kappa shape index (κ3) is 3.09. The minimum atomic E-state index is 0.862. The second-order valence-electron chi connectivity index (χ2n) is 5.77. The van der Waals surface area contributed by atoms with Crippen molar-refractivity contribution >= 4 is 16.5 Å². The molecule has 3 rings (SSSR count). The minimum absolute atomic E-state index is 0.862. The van der Waals surface area contributed by atoms with E-state index in [1.807, 2.05) is 0 Å².